The van der Waals surface area contributed by atoms with Crippen molar-refractivity contribution in [2.75, 3.05) is 13.2 Å². The van der Waals surface area contributed by atoms with E-state index < -0.39 is 0 Å². The van der Waals surface area contributed by atoms with Gasteiger partial charge in [-0.25, -0.2) is 4.79 Å². The first-order chi connectivity index (χ1) is 14.3. The summed E-state index contributed by atoms with van der Waals surface area (Å²) < 4.78 is 14.1. The first kappa shape index (κ1) is 22.1. The molecule has 0 saturated heterocycles. The van der Waals surface area contributed by atoms with Gasteiger partial charge < -0.3 is 14.0 Å². The molecule has 3 rings (SSSR count). The summed E-state index contributed by atoms with van der Waals surface area (Å²) in [5.41, 5.74) is 2.97. The smallest absolute Gasteiger partial charge is 0.340 e. The molecule has 0 spiro atoms. The molecule has 3 aromatic rings. The van der Waals surface area contributed by atoms with Gasteiger partial charge in [0.15, 0.2) is 12.4 Å². The summed E-state index contributed by atoms with van der Waals surface area (Å²) in [5.74, 6) is 0.515. The molecule has 0 fully saturated rings. The fourth-order valence-corrected chi connectivity index (χ4v) is 3.74. The van der Waals surface area contributed by atoms with Gasteiger partial charge in [-0.2, -0.15) is 0 Å². The molecule has 30 heavy (non-hydrogen) atoms. The third-order valence-electron chi connectivity index (χ3n) is 4.86. The molecule has 1 aromatic heterocycles. The maximum absolute atomic E-state index is 12.6. The summed E-state index contributed by atoms with van der Waals surface area (Å²) in [4.78, 5) is 25.0. The van der Waals surface area contributed by atoms with Crippen molar-refractivity contribution >= 4 is 38.6 Å². The second-order valence-electron chi connectivity index (χ2n) is 7.58. The summed E-state index contributed by atoms with van der Waals surface area (Å²) in [6.07, 6.45) is 0. The molecule has 0 unspecified atom stereocenters. The van der Waals surface area contributed by atoms with Crippen molar-refractivity contribution in [1.29, 1.82) is 0 Å². The average molecular weight is 472 g/mol. The minimum absolute atomic E-state index is 0.0758. The number of aromatic nitrogens is 1. The van der Waals surface area contributed by atoms with E-state index in [1.165, 1.54) is 0 Å². The fraction of sp³-hybridized carbons (Fsp3) is 0.333. The lowest BCUT2D eigenvalue weighted by Gasteiger charge is -2.11. The van der Waals surface area contributed by atoms with E-state index in [2.05, 4.69) is 34.3 Å². The number of rotatable bonds is 8. The van der Waals surface area contributed by atoms with Crippen molar-refractivity contribution in [2.45, 2.75) is 34.2 Å². The number of carbonyl (C=O) groups is 2. The summed E-state index contributed by atoms with van der Waals surface area (Å²) in [7, 11) is 0. The SMILES string of the molecule is CCOC(=O)c1c(C)n(CC(C)C)c2ccc(OCC(=O)c3ccc(Br)cc3)cc12. The molecule has 6 heteroatoms. The lowest BCUT2D eigenvalue weighted by molar-refractivity contribution is 0.0527. The van der Waals surface area contributed by atoms with Gasteiger partial charge in [0.2, 0.25) is 0 Å². The molecule has 0 saturated carbocycles. The van der Waals surface area contributed by atoms with Crippen LogP contribution in [-0.2, 0) is 11.3 Å². The zero-order chi connectivity index (χ0) is 21.8. The standard InChI is InChI=1S/C24H26BrNO4/c1-5-29-24(28)23-16(4)26(13-15(2)3)21-11-10-19(12-20(21)23)30-14-22(27)17-6-8-18(25)9-7-17/h6-12,15H,5,13-14H2,1-4H3. The molecular weight excluding hydrogens is 446 g/mol. The average Bonchev–Trinajstić information content (AvgIpc) is 2.97. The monoisotopic (exact) mass is 471 g/mol. The Morgan fingerprint density at radius 1 is 1.10 bits per heavy atom. The highest BCUT2D eigenvalue weighted by Crippen LogP contribution is 2.31. The van der Waals surface area contributed by atoms with Gasteiger partial charge in [-0.15, -0.1) is 0 Å². The van der Waals surface area contributed by atoms with Crippen LogP contribution >= 0.6 is 15.9 Å². The summed E-state index contributed by atoms with van der Waals surface area (Å²) in [5, 5.41) is 0.778. The predicted octanol–water partition coefficient (Wildman–Crippen LogP) is 5.81. The van der Waals surface area contributed by atoms with E-state index >= 15 is 0 Å². The summed E-state index contributed by atoms with van der Waals surface area (Å²) in [6.45, 7) is 9.04. The number of hydrogen-bond acceptors (Lipinski definition) is 4. The normalized spacial score (nSPS) is 11.1. The minimum atomic E-state index is -0.342. The number of ether oxygens (including phenoxy) is 2. The van der Waals surface area contributed by atoms with Crippen LogP contribution in [0.3, 0.4) is 0 Å². The lowest BCUT2D eigenvalue weighted by Crippen LogP contribution is -2.11. The number of Topliss-reactive ketones (excluding diaryl/α,β-unsaturated/α-hetero) is 1. The second-order valence-corrected chi connectivity index (χ2v) is 8.50. The molecule has 0 aliphatic rings. The molecule has 2 aromatic carbocycles. The van der Waals surface area contributed by atoms with Crippen molar-refractivity contribution in [3.8, 4) is 5.75 Å². The molecule has 5 nitrogen and oxygen atoms in total. The van der Waals surface area contributed by atoms with Gasteiger partial charge in [0.1, 0.15) is 5.75 Å². The van der Waals surface area contributed by atoms with Gasteiger partial charge in [-0.05, 0) is 50.1 Å². The van der Waals surface area contributed by atoms with Gasteiger partial charge in [-0.3, -0.25) is 4.79 Å². The molecule has 0 aliphatic carbocycles. The van der Waals surface area contributed by atoms with E-state index in [1.807, 2.05) is 37.3 Å². The largest absolute Gasteiger partial charge is 0.485 e. The maximum Gasteiger partial charge on any atom is 0.340 e. The summed E-state index contributed by atoms with van der Waals surface area (Å²) in [6, 6.07) is 12.8. The highest BCUT2D eigenvalue weighted by atomic mass is 79.9. The Morgan fingerprint density at radius 2 is 1.80 bits per heavy atom. The van der Waals surface area contributed by atoms with Crippen LogP contribution in [0.1, 0.15) is 47.2 Å². The Labute approximate surface area is 185 Å². The minimum Gasteiger partial charge on any atom is -0.485 e. The third-order valence-corrected chi connectivity index (χ3v) is 5.39. The third kappa shape index (κ3) is 4.75. The van der Waals surface area contributed by atoms with Crippen molar-refractivity contribution in [1.82, 2.24) is 4.57 Å². The number of hydrogen-bond donors (Lipinski definition) is 0. The van der Waals surface area contributed by atoms with Crippen LogP contribution in [-0.4, -0.2) is 29.5 Å². The Bertz CT molecular complexity index is 1070. The molecule has 0 bridgehead atoms. The molecule has 0 aliphatic heterocycles. The van der Waals surface area contributed by atoms with Crippen LogP contribution in [0.4, 0.5) is 0 Å². The van der Waals surface area contributed by atoms with E-state index in [9.17, 15) is 9.59 Å². The predicted molar refractivity (Wildman–Crippen MR) is 121 cm³/mol. The topological polar surface area (TPSA) is 57.5 Å². The lowest BCUT2D eigenvalue weighted by atomic mass is 10.1. The number of carbonyl (C=O) groups excluding carboxylic acids is 2. The number of esters is 1. The number of benzene rings is 2. The van der Waals surface area contributed by atoms with Crippen molar-refractivity contribution < 1.29 is 19.1 Å². The van der Waals surface area contributed by atoms with Gasteiger partial charge in [0.25, 0.3) is 0 Å². The molecule has 0 amide bonds. The van der Waals surface area contributed by atoms with Gasteiger partial charge in [0, 0.05) is 33.2 Å². The van der Waals surface area contributed by atoms with Crippen LogP contribution in [0.25, 0.3) is 10.9 Å². The highest BCUT2D eigenvalue weighted by molar-refractivity contribution is 9.10. The van der Waals surface area contributed by atoms with E-state index in [-0.39, 0.29) is 18.4 Å². The van der Waals surface area contributed by atoms with E-state index in [0.717, 1.165) is 27.6 Å². The van der Waals surface area contributed by atoms with E-state index in [4.69, 9.17) is 9.47 Å². The molecule has 0 radical (unpaired) electrons. The van der Waals surface area contributed by atoms with Crippen LogP contribution in [0, 0.1) is 12.8 Å². The van der Waals surface area contributed by atoms with Crippen LogP contribution < -0.4 is 4.74 Å². The first-order valence-electron chi connectivity index (χ1n) is 10.0. The Balaban J connectivity index is 1.91. The van der Waals surface area contributed by atoms with E-state index in [0.29, 0.717) is 29.4 Å². The van der Waals surface area contributed by atoms with Crippen LogP contribution in [0.5, 0.6) is 5.75 Å². The number of fused-ring (bicyclic) bond motifs is 1. The number of nitrogens with zero attached hydrogens (tertiary/aromatic N) is 1. The zero-order valence-electron chi connectivity index (χ0n) is 17.7. The molecule has 0 atom stereocenters. The Morgan fingerprint density at radius 3 is 2.43 bits per heavy atom. The second kappa shape index (κ2) is 9.47. The molecule has 0 N–H and O–H groups in total. The Kier molecular flexibility index (Phi) is 6.98. The zero-order valence-corrected chi connectivity index (χ0v) is 19.3. The molecule has 158 valence electrons. The van der Waals surface area contributed by atoms with Crippen molar-refractivity contribution in [2.24, 2.45) is 5.92 Å². The van der Waals surface area contributed by atoms with Gasteiger partial charge in [-0.1, -0.05) is 41.9 Å². The molecule has 1 heterocycles. The first-order valence-corrected chi connectivity index (χ1v) is 10.8. The highest BCUT2D eigenvalue weighted by Gasteiger charge is 2.22. The van der Waals surface area contributed by atoms with Gasteiger partial charge >= 0.3 is 5.97 Å². The maximum atomic E-state index is 12.6. The van der Waals surface area contributed by atoms with Crippen LogP contribution in [0.2, 0.25) is 0 Å². The molecular formula is C24H26BrNO4. The fourth-order valence-electron chi connectivity index (χ4n) is 3.48. The number of halogens is 1. The Hall–Kier alpha value is -2.60. The van der Waals surface area contributed by atoms with Gasteiger partial charge in [0.05, 0.1) is 12.2 Å². The number of ketones is 1. The van der Waals surface area contributed by atoms with Crippen molar-refractivity contribution in [3.05, 3.63) is 63.8 Å². The summed E-state index contributed by atoms with van der Waals surface area (Å²) >= 11 is 3.36. The van der Waals surface area contributed by atoms with E-state index in [1.54, 1.807) is 19.1 Å². The van der Waals surface area contributed by atoms with Crippen LogP contribution in [0.15, 0.2) is 46.9 Å². The quantitative estimate of drug-likeness (QED) is 0.307. The van der Waals surface area contributed by atoms with Crippen molar-refractivity contribution in [3.63, 3.8) is 0 Å².